The SMILES string of the molecule is CCCc1cc2c(=O)c(-c3ccc4c(c3)OCCO4)coc2cc1OCC#N. The first kappa shape index (κ1) is 17.9. The number of nitriles is 1. The standard InChI is InChI=1S/C22H19NO5/c1-2-3-15-10-16-20(12-19(15)25-7-6-23)28-13-17(22(16)24)14-4-5-18-21(11-14)27-9-8-26-18/h4-5,10-13H,2-3,7-9H2,1H3. The quantitative estimate of drug-likeness (QED) is 0.666. The Morgan fingerprint density at radius 1 is 1.14 bits per heavy atom. The van der Waals surface area contributed by atoms with Gasteiger partial charge < -0.3 is 18.6 Å². The lowest BCUT2D eigenvalue weighted by Crippen LogP contribution is -2.15. The van der Waals surface area contributed by atoms with Gasteiger partial charge in [0.15, 0.2) is 18.1 Å². The summed E-state index contributed by atoms with van der Waals surface area (Å²) in [6.45, 7) is 2.99. The van der Waals surface area contributed by atoms with Gasteiger partial charge in [0.25, 0.3) is 0 Å². The van der Waals surface area contributed by atoms with Crippen molar-refractivity contribution in [3.05, 3.63) is 52.4 Å². The smallest absolute Gasteiger partial charge is 0.200 e. The van der Waals surface area contributed by atoms with Gasteiger partial charge in [0, 0.05) is 6.07 Å². The molecule has 6 heteroatoms. The van der Waals surface area contributed by atoms with Gasteiger partial charge >= 0.3 is 0 Å². The zero-order chi connectivity index (χ0) is 19.5. The fourth-order valence-corrected chi connectivity index (χ4v) is 3.32. The highest BCUT2D eigenvalue weighted by Crippen LogP contribution is 2.34. The molecule has 6 nitrogen and oxygen atoms in total. The van der Waals surface area contributed by atoms with Gasteiger partial charge in [-0.25, -0.2) is 0 Å². The highest BCUT2D eigenvalue weighted by atomic mass is 16.6. The van der Waals surface area contributed by atoms with Crippen molar-refractivity contribution >= 4 is 11.0 Å². The van der Waals surface area contributed by atoms with Crippen LogP contribution in [0.1, 0.15) is 18.9 Å². The van der Waals surface area contributed by atoms with Crippen LogP contribution in [0, 0.1) is 11.3 Å². The minimum atomic E-state index is -0.123. The normalized spacial score (nSPS) is 12.6. The summed E-state index contributed by atoms with van der Waals surface area (Å²) in [5.74, 6) is 1.87. The number of ether oxygens (including phenoxy) is 3. The van der Waals surface area contributed by atoms with Gasteiger partial charge in [0.05, 0.1) is 10.9 Å². The molecule has 1 aromatic heterocycles. The van der Waals surface area contributed by atoms with Gasteiger partial charge in [0.1, 0.15) is 36.9 Å². The molecule has 0 saturated heterocycles. The van der Waals surface area contributed by atoms with E-state index in [1.807, 2.05) is 19.1 Å². The van der Waals surface area contributed by atoms with E-state index in [2.05, 4.69) is 0 Å². The summed E-state index contributed by atoms with van der Waals surface area (Å²) in [7, 11) is 0. The first-order valence-corrected chi connectivity index (χ1v) is 9.19. The van der Waals surface area contributed by atoms with Crippen LogP contribution < -0.4 is 19.6 Å². The lowest BCUT2D eigenvalue weighted by Gasteiger charge is -2.18. The van der Waals surface area contributed by atoms with Gasteiger partial charge in [-0.15, -0.1) is 0 Å². The summed E-state index contributed by atoms with van der Waals surface area (Å²) in [6, 6.07) is 10.9. The van der Waals surface area contributed by atoms with E-state index in [1.54, 1.807) is 24.3 Å². The molecule has 4 rings (SSSR count). The number of hydrogen-bond acceptors (Lipinski definition) is 6. The Kier molecular flexibility index (Phi) is 4.90. The fraction of sp³-hybridized carbons (Fsp3) is 0.273. The van der Waals surface area contributed by atoms with E-state index >= 15 is 0 Å². The van der Waals surface area contributed by atoms with Crippen LogP contribution in [0.2, 0.25) is 0 Å². The molecule has 1 aliphatic rings. The van der Waals surface area contributed by atoms with Crippen molar-refractivity contribution in [2.45, 2.75) is 19.8 Å². The van der Waals surface area contributed by atoms with Crippen LogP contribution in [0.5, 0.6) is 17.2 Å². The van der Waals surface area contributed by atoms with Crippen LogP contribution in [0.3, 0.4) is 0 Å². The van der Waals surface area contributed by atoms with E-state index in [9.17, 15) is 4.79 Å². The number of benzene rings is 2. The molecule has 0 spiro atoms. The molecule has 0 radical (unpaired) electrons. The summed E-state index contributed by atoms with van der Waals surface area (Å²) in [6.07, 6.45) is 3.08. The first-order valence-electron chi connectivity index (χ1n) is 9.19. The van der Waals surface area contributed by atoms with Gasteiger partial charge in [-0.05, 0) is 35.7 Å². The molecular formula is C22H19NO5. The van der Waals surface area contributed by atoms with Crippen molar-refractivity contribution in [1.29, 1.82) is 5.26 Å². The molecule has 2 heterocycles. The van der Waals surface area contributed by atoms with Crippen molar-refractivity contribution in [2.75, 3.05) is 19.8 Å². The van der Waals surface area contributed by atoms with Crippen LogP contribution >= 0.6 is 0 Å². The molecular weight excluding hydrogens is 358 g/mol. The minimum absolute atomic E-state index is 0.0538. The minimum Gasteiger partial charge on any atom is -0.486 e. The number of hydrogen-bond donors (Lipinski definition) is 0. The van der Waals surface area contributed by atoms with Crippen molar-refractivity contribution in [2.24, 2.45) is 0 Å². The lowest BCUT2D eigenvalue weighted by atomic mass is 10.0. The molecule has 1 aliphatic heterocycles. The molecule has 28 heavy (non-hydrogen) atoms. The van der Waals surface area contributed by atoms with E-state index in [1.165, 1.54) is 6.26 Å². The van der Waals surface area contributed by atoms with Gasteiger partial charge in [0.2, 0.25) is 5.43 Å². The summed E-state index contributed by atoms with van der Waals surface area (Å²) >= 11 is 0. The van der Waals surface area contributed by atoms with E-state index in [0.717, 1.165) is 18.4 Å². The zero-order valence-electron chi connectivity index (χ0n) is 15.5. The largest absolute Gasteiger partial charge is 0.486 e. The molecule has 0 bridgehead atoms. The maximum atomic E-state index is 13.2. The highest BCUT2D eigenvalue weighted by Gasteiger charge is 2.17. The average molecular weight is 377 g/mol. The van der Waals surface area contributed by atoms with Crippen LogP contribution in [-0.4, -0.2) is 19.8 Å². The molecule has 0 fully saturated rings. The molecule has 3 aromatic rings. The number of nitrogens with zero attached hydrogens (tertiary/aromatic N) is 1. The third-order valence-electron chi connectivity index (χ3n) is 4.62. The van der Waals surface area contributed by atoms with Crippen LogP contribution in [0.4, 0.5) is 0 Å². The number of fused-ring (bicyclic) bond motifs is 2. The van der Waals surface area contributed by atoms with E-state index in [-0.39, 0.29) is 12.0 Å². The van der Waals surface area contributed by atoms with Gasteiger partial charge in [-0.3, -0.25) is 4.79 Å². The Balaban J connectivity index is 1.82. The van der Waals surface area contributed by atoms with E-state index in [0.29, 0.717) is 52.6 Å². The van der Waals surface area contributed by atoms with Crippen molar-refractivity contribution in [3.63, 3.8) is 0 Å². The van der Waals surface area contributed by atoms with Crippen LogP contribution in [0.15, 0.2) is 45.8 Å². The van der Waals surface area contributed by atoms with E-state index in [4.69, 9.17) is 23.9 Å². The van der Waals surface area contributed by atoms with Crippen LogP contribution in [-0.2, 0) is 6.42 Å². The third-order valence-corrected chi connectivity index (χ3v) is 4.62. The summed E-state index contributed by atoms with van der Waals surface area (Å²) in [5, 5.41) is 9.27. The predicted molar refractivity (Wildman–Crippen MR) is 104 cm³/mol. The maximum Gasteiger partial charge on any atom is 0.200 e. The van der Waals surface area contributed by atoms with Gasteiger partial charge in [-0.2, -0.15) is 5.26 Å². The van der Waals surface area contributed by atoms with E-state index < -0.39 is 0 Å². The molecule has 142 valence electrons. The zero-order valence-corrected chi connectivity index (χ0v) is 15.5. The Hall–Kier alpha value is -3.46. The lowest BCUT2D eigenvalue weighted by molar-refractivity contribution is 0.171. The van der Waals surface area contributed by atoms with Crippen LogP contribution in [0.25, 0.3) is 22.1 Å². The molecule has 0 atom stereocenters. The van der Waals surface area contributed by atoms with Crippen molar-refractivity contribution in [1.82, 2.24) is 0 Å². The summed E-state index contributed by atoms with van der Waals surface area (Å²) in [4.78, 5) is 13.2. The molecule has 0 N–H and O–H groups in total. The Bertz CT molecular complexity index is 1130. The monoisotopic (exact) mass is 377 g/mol. The second kappa shape index (κ2) is 7.65. The second-order valence-electron chi connectivity index (χ2n) is 6.49. The van der Waals surface area contributed by atoms with Crippen molar-refractivity contribution in [3.8, 4) is 34.4 Å². The molecule has 0 amide bonds. The molecule has 0 unspecified atom stereocenters. The number of rotatable bonds is 5. The van der Waals surface area contributed by atoms with Gasteiger partial charge in [-0.1, -0.05) is 19.4 Å². The molecule has 0 saturated carbocycles. The highest BCUT2D eigenvalue weighted by molar-refractivity contribution is 5.84. The average Bonchev–Trinajstić information content (AvgIpc) is 2.73. The van der Waals surface area contributed by atoms with Crippen molar-refractivity contribution < 1.29 is 18.6 Å². The Morgan fingerprint density at radius 3 is 2.75 bits per heavy atom. The molecule has 0 aliphatic carbocycles. The Labute approximate surface area is 161 Å². The number of aryl methyl sites for hydroxylation is 1. The molecule has 2 aromatic carbocycles. The Morgan fingerprint density at radius 2 is 1.96 bits per heavy atom. The maximum absolute atomic E-state index is 13.2. The third kappa shape index (κ3) is 3.27. The second-order valence-corrected chi connectivity index (χ2v) is 6.49. The summed E-state index contributed by atoms with van der Waals surface area (Å²) < 4.78 is 22.4. The topological polar surface area (TPSA) is 81.7 Å². The fourth-order valence-electron chi connectivity index (χ4n) is 3.32. The first-order chi connectivity index (χ1) is 13.7. The predicted octanol–water partition coefficient (Wildman–Crippen LogP) is 4.09. The summed E-state index contributed by atoms with van der Waals surface area (Å²) in [5.41, 5.74) is 2.36.